The molecule has 0 heterocycles. The molecule has 0 atom stereocenters. The molecule has 0 spiro atoms. The summed E-state index contributed by atoms with van der Waals surface area (Å²) in [5.41, 5.74) is 5.09. The van der Waals surface area contributed by atoms with Crippen LogP contribution in [0.3, 0.4) is 0 Å². The van der Waals surface area contributed by atoms with Crippen molar-refractivity contribution in [3.8, 4) is 0 Å². The van der Waals surface area contributed by atoms with Crippen molar-refractivity contribution in [2.45, 2.75) is 38.5 Å². The van der Waals surface area contributed by atoms with E-state index in [-0.39, 0.29) is 10.8 Å². The van der Waals surface area contributed by atoms with E-state index >= 15 is 0 Å². The summed E-state index contributed by atoms with van der Waals surface area (Å²) in [6, 6.07) is 31.4. The summed E-state index contributed by atoms with van der Waals surface area (Å²) < 4.78 is 8.25. The number of aliphatic hydroxyl groups is 1. The number of hydrogen-bond donors (Lipinski definition) is 2. The van der Waals surface area contributed by atoms with E-state index < -0.39 is 12.6 Å². The molecule has 161 valence electrons. The van der Waals surface area contributed by atoms with Crippen molar-refractivity contribution in [3.05, 3.63) is 107 Å². The predicted octanol–water partition coefficient (Wildman–Crippen LogP) is 5.08. The normalized spacial score (nSPS) is 10.8. The van der Waals surface area contributed by atoms with Gasteiger partial charge in [-0.2, -0.15) is 24.3 Å². The van der Waals surface area contributed by atoms with Gasteiger partial charge < -0.3 is 10.2 Å². The summed E-state index contributed by atoms with van der Waals surface area (Å²) in [5, 5.41) is 15.0. The molecule has 0 unspecified atom stereocenters. The number of aliphatic carboxylic acids is 1. The molecule has 3 aromatic carbocycles. The van der Waals surface area contributed by atoms with Gasteiger partial charge in [-0.05, 0) is 22.0 Å². The van der Waals surface area contributed by atoms with E-state index in [4.69, 9.17) is 18.3 Å². The average Bonchev–Trinajstić information content (AvgIpc) is 2.82. The molecule has 31 heavy (non-hydrogen) atoms. The number of carbonyl (C=O) groups is 1. The van der Waals surface area contributed by atoms with E-state index in [1.54, 1.807) is 0 Å². The molecule has 0 saturated carbocycles. The van der Waals surface area contributed by atoms with Gasteiger partial charge in [0, 0.05) is 0 Å². The Bertz CT molecular complexity index is 867. The average molecular weight is 453 g/mol. The van der Waals surface area contributed by atoms with Crippen LogP contribution in [-0.2, 0) is 39.4 Å². The van der Waals surface area contributed by atoms with Crippen molar-refractivity contribution >= 4 is 5.97 Å². The third kappa shape index (κ3) is 7.07. The van der Waals surface area contributed by atoms with Crippen LogP contribution in [0.2, 0.25) is 0 Å². The zero-order chi connectivity index (χ0) is 23.5. The summed E-state index contributed by atoms with van der Waals surface area (Å²) in [4.78, 5) is 9.12. The number of hydrogen-bond acceptors (Lipinski definition) is 3. The quantitative estimate of drug-likeness (QED) is 0.417. The zero-order valence-electron chi connectivity index (χ0n) is 18.4. The molecular formula is C26H29O4Ti. The van der Waals surface area contributed by atoms with Gasteiger partial charge in [0.15, 0.2) is 0 Å². The maximum atomic E-state index is 9.12. The van der Waals surface area contributed by atoms with Gasteiger partial charge in [-0.25, -0.2) is 4.79 Å². The van der Waals surface area contributed by atoms with E-state index in [2.05, 4.69) is 107 Å². The van der Waals surface area contributed by atoms with Crippen LogP contribution in [0.5, 0.6) is 0 Å². The molecule has 0 fully saturated rings. The van der Waals surface area contributed by atoms with Gasteiger partial charge in [0.05, 0.1) is 0 Å². The second-order valence-electron chi connectivity index (χ2n) is 7.99. The maximum absolute atomic E-state index is 9.12. The van der Waals surface area contributed by atoms with Crippen molar-refractivity contribution in [2.24, 2.45) is 0 Å². The first-order valence-electron chi connectivity index (χ1n) is 9.87. The Hall–Kier alpha value is -2.40. The fourth-order valence-corrected chi connectivity index (χ4v) is 3.48. The molecule has 0 bridgehead atoms. The van der Waals surface area contributed by atoms with E-state index in [0.717, 1.165) is 20.4 Å². The molecule has 0 saturated heterocycles. The van der Waals surface area contributed by atoms with Crippen molar-refractivity contribution in [1.82, 2.24) is 0 Å². The van der Waals surface area contributed by atoms with Crippen LogP contribution in [0.15, 0.2) is 78.9 Å². The first-order valence-corrected chi connectivity index (χ1v) is 10.5. The Morgan fingerprint density at radius 1 is 0.806 bits per heavy atom. The van der Waals surface area contributed by atoms with Gasteiger partial charge in [-0.3, -0.25) is 0 Å². The molecule has 0 aliphatic rings. The van der Waals surface area contributed by atoms with Crippen molar-refractivity contribution in [3.63, 3.8) is 0 Å². The fraction of sp³-hybridized carbons (Fsp3) is 0.269. The second kappa shape index (κ2) is 12.5. The van der Waals surface area contributed by atoms with E-state index in [9.17, 15) is 0 Å². The molecule has 3 rings (SSSR count). The number of carboxylic acid groups (broad SMARTS) is 1. The van der Waals surface area contributed by atoms with Crippen LogP contribution in [0, 0.1) is 6.07 Å². The molecule has 0 radical (unpaired) electrons. The van der Waals surface area contributed by atoms with Gasteiger partial charge in [0.25, 0.3) is 0 Å². The first-order chi connectivity index (χ1) is 14.7. The molecule has 0 aliphatic carbocycles. The van der Waals surface area contributed by atoms with Crippen LogP contribution < -0.4 is 0 Å². The first kappa shape index (κ1) is 26.6. The summed E-state index contributed by atoms with van der Waals surface area (Å²) in [6.45, 7) is 8.41. The SMILES string of the molecule is CC(C)(c1ccccc1)c1[c-]cccc1C(C)(C)c1ccccc1.O=C(O)CO.[O]=[Ti+]. The monoisotopic (exact) mass is 453 g/mol. The van der Waals surface area contributed by atoms with Crippen molar-refractivity contribution in [1.29, 1.82) is 0 Å². The third-order valence-corrected chi connectivity index (χ3v) is 5.28. The minimum atomic E-state index is -1.19. The summed E-state index contributed by atoms with van der Waals surface area (Å²) in [6.07, 6.45) is 0. The van der Waals surface area contributed by atoms with Gasteiger partial charge in [0.1, 0.15) is 6.61 Å². The van der Waals surface area contributed by atoms with Crippen molar-refractivity contribution < 1.29 is 38.7 Å². The Morgan fingerprint density at radius 3 is 1.65 bits per heavy atom. The molecular weight excluding hydrogens is 424 g/mol. The fourth-order valence-electron chi connectivity index (χ4n) is 3.48. The Morgan fingerprint density at radius 2 is 1.23 bits per heavy atom. The second-order valence-corrected chi connectivity index (χ2v) is 7.99. The number of aliphatic hydroxyl groups excluding tert-OH is 1. The molecule has 0 amide bonds. The van der Waals surface area contributed by atoms with E-state index in [0.29, 0.717) is 0 Å². The summed E-state index contributed by atoms with van der Waals surface area (Å²) in [5.74, 6) is -1.19. The van der Waals surface area contributed by atoms with Crippen LogP contribution >= 0.6 is 0 Å². The number of benzene rings is 3. The Kier molecular flexibility index (Phi) is 10.7. The minimum absolute atomic E-state index is 0.0690. The predicted molar refractivity (Wildman–Crippen MR) is 118 cm³/mol. The molecule has 4 nitrogen and oxygen atoms in total. The van der Waals surface area contributed by atoms with Gasteiger partial charge in [-0.1, -0.05) is 88.4 Å². The van der Waals surface area contributed by atoms with Gasteiger partial charge in [0.2, 0.25) is 0 Å². The van der Waals surface area contributed by atoms with Crippen LogP contribution in [-0.4, -0.2) is 22.8 Å². The summed E-state index contributed by atoms with van der Waals surface area (Å²) in [7, 11) is 0. The van der Waals surface area contributed by atoms with Gasteiger partial charge >= 0.3 is 29.7 Å². The van der Waals surface area contributed by atoms with E-state index in [1.807, 2.05) is 6.07 Å². The Labute approximate surface area is 196 Å². The standard InChI is InChI=1S/C24H25.C2H4O3.O.Ti/c1-23(2,19-13-7-5-8-14-19)21-17-11-12-18-22(21)24(3,4)20-15-9-6-10-16-20;3-1-2(4)5;;/h5-17H,1-4H3;3H,1H2,(H,4,5);;/q-1;;;+1. The van der Waals surface area contributed by atoms with Gasteiger partial charge in [-0.15, -0.1) is 11.1 Å². The molecule has 0 aromatic heterocycles. The molecule has 0 aliphatic heterocycles. The molecule has 5 heteroatoms. The topological polar surface area (TPSA) is 74.6 Å². The van der Waals surface area contributed by atoms with Crippen LogP contribution in [0.25, 0.3) is 0 Å². The van der Waals surface area contributed by atoms with Crippen LogP contribution in [0.4, 0.5) is 0 Å². The molecule has 2 N–H and O–H groups in total. The van der Waals surface area contributed by atoms with E-state index in [1.165, 1.54) is 22.3 Å². The summed E-state index contributed by atoms with van der Waals surface area (Å²) >= 11 is 0.750. The van der Waals surface area contributed by atoms with Crippen LogP contribution in [0.1, 0.15) is 49.9 Å². The third-order valence-electron chi connectivity index (χ3n) is 5.28. The number of carboxylic acids is 1. The van der Waals surface area contributed by atoms with Crippen molar-refractivity contribution in [2.75, 3.05) is 6.61 Å². The molecule has 3 aromatic rings. The number of rotatable bonds is 5. The zero-order valence-corrected chi connectivity index (χ0v) is 20.0. The Balaban J connectivity index is 0.000000605.